The predicted molar refractivity (Wildman–Crippen MR) is 70.0 cm³/mol. The number of aromatic amines is 1. The molecule has 20 heavy (non-hydrogen) atoms. The Morgan fingerprint density at radius 3 is 2.80 bits per heavy atom. The molecule has 1 aromatic heterocycles. The van der Waals surface area contributed by atoms with Crippen LogP contribution in [0.25, 0.3) is 0 Å². The Morgan fingerprint density at radius 2 is 2.15 bits per heavy atom. The van der Waals surface area contributed by atoms with Gasteiger partial charge in [0.1, 0.15) is 0 Å². The molecule has 2 aromatic rings. The molecular weight excluding hydrogens is 283 g/mol. The second kappa shape index (κ2) is 5.98. The molecule has 7 heteroatoms. The second-order valence-electron chi connectivity index (χ2n) is 4.03. The Bertz CT molecular complexity index is 690. The van der Waals surface area contributed by atoms with E-state index < -0.39 is 15.8 Å². The molecule has 0 bridgehead atoms. The first-order valence-electron chi connectivity index (χ1n) is 5.81. The fourth-order valence-corrected chi connectivity index (χ4v) is 2.64. The van der Waals surface area contributed by atoms with Crippen molar-refractivity contribution in [1.29, 1.82) is 0 Å². The highest BCUT2D eigenvalue weighted by Crippen LogP contribution is 2.21. The number of hydrogen-bond donors (Lipinski definition) is 1. The molecule has 1 heterocycles. The van der Waals surface area contributed by atoms with Gasteiger partial charge in [-0.2, -0.15) is 0 Å². The molecule has 0 fully saturated rings. The zero-order chi connectivity index (χ0) is 14.6. The number of methoxy groups -OCH3 is 1. The van der Waals surface area contributed by atoms with Gasteiger partial charge in [-0.25, -0.2) is 22.5 Å². The Morgan fingerprint density at radius 1 is 1.35 bits per heavy atom. The molecule has 5 nitrogen and oxygen atoms in total. The van der Waals surface area contributed by atoms with Crippen molar-refractivity contribution in [3.05, 3.63) is 54.1 Å². The van der Waals surface area contributed by atoms with Crippen molar-refractivity contribution in [1.82, 2.24) is 4.72 Å². The molecule has 2 rings (SSSR count). The topological polar surface area (TPSA) is 69.5 Å². The number of benzene rings is 1. The maximum atomic E-state index is 13.3. The van der Waals surface area contributed by atoms with Gasteiger partial charge in [0.25, 0.3) is 0 Å². The molecule has 0 radical (unpaired) electrons. The monoisotopic (exact) mass is 297 g/mol. The minimum absolute atomic E-state index is 0.0457. The fourth-order valence-electron chi connectivity index (χ4n) is 1.61. The lowest BCUT2D eigenvalue weighted by Crippen LogP contribution is -2.24. The lowest BCUT2D eigenvalue weighted by atomic mass is 10.3. The molecular formula is C13H14FN2O3S+. The van der Waals surface area contributed by atoms with Gasteiger partial charge in [0.15, 0.2) is 24.0 Å². The quantitative estimate of drug-likeness (QED) is 0.899. The summed E-state index contributed by atoms with van der Waals surface area (Å²) in [5, 5.41) is 0. The maximum Gasteiger partial charge on any atom is 0.241 e. The molecule has 0 aliphatic rings. The van der Waals surface area contributed by atoms with Crippen molar-refractivity contribution >= 4 is 10.0 Å². The van der Waals surface area contributed by atoms with Crippen molar-refractivity contribution in [3.63, 3.8) is 0 Å². The van der Waals surface area contributed by atoms with Gasteiger partial charge in [-0.15, -0.1) is 0 Å². The van der Waals surface area contributed by atoms with E-state index >= 15 is 0 Å². The van der Waals surface area contributed by atoms with Crippen LogP contribution in [-0.2, 0) is 16.6 Å². The highest BCUT2D eigenvalue weighted by atomic mass is 32.2. The molecule has 0 saturated carbocycles. The second-order valence-corrected chi connectivity index (χ2v) is 5.80. The first kappa shape index (κ1) is 14.4. The lowest BCUT2D eigenvalue weighted by Gasteiger charge is -2.08. The Labute approximate surface area is 116 Å². The summed E-state index contributed by atoms with van der Waals surface area (Å²) < 4.78 is 44.6. The molecule has 1 aromatic carbocycles. The molecule has 0 spiro atoms. The van der Waals surface area contributed by atoms with E-state index in [1.165, 1.54) is 13.2 Å². The zero-order valence-corrected chi connectivity index (χ0v) is 11.6. The number of rotatable bonds is 5. The van der Waals surface area contributed by atoms with Gasteiger partial charge in [-0.05, 0) is 18.2 Å². The van der Waals surface area contributed by atoms with E-state index in [0.717, 1.165) is 17.7 Å². The number of hydrogen-bond acceptors (Lipinski definition) is 3. The zero-order valence-electron chi connectivity index (χ0n) is 10.8. The number of ether oxygens (including phenoxy) is 1. The van der Waals surface area contributed by atoms with Gasteiger partial charge in [-0.3, -0.25) is 0 Å². The first-order valence-corrected chi connectivity index (χ1v) is 7.29. The van der Waals surface area contributed by atoms with Crippen LogP contribution in [0.5, 0.6) is 5.75 Å². The van der Waals surface area contributed by atoms with Crippen LogP contribution in [0.2, 0.25) is 0 Å². The Hall–Kier alpha value is -1.99. The molecule has 0 unspecified atom stereocenters. The van der Waals surface area contributed by atoms with E-state index in [9.17, 15) is 12.8 Å². The number of sulfonamides is 1. The van der Waals surface area contributed by atoms with E-state index in [1.54, 1.807) is 24.5 Å². The first-order chi connectivity index (χ1) is 9.53. The molecule has 106 valence electrons. The summed E-state index contributed by atoms with van der Waals surface area (Å²) in [6.07, 6.45) is 3.41. The average Bonchev–Trinajstić information content (AvgIpc) is 2.46. The average molecular weight is 297 g/mol. The molecule has 0 aliphatic carbocycles. The normalized spacial score (nSPS) is 11.3. The number of halogens is 1. The minimum atomic E-state index is -3.72. The highest BCUT2D eigenvalue weighted by molar-refractivity contribution is 7.89. The molecule has 0 amide bonds. The number of pyridine rings is 1. The Kier molecular flexibility index (Phi) is 4.31. The summed E-state index contributed by atoms with van der Waals surface area (Å²) in [5.74, 6) is -0.718. The van der Waals surface area contributed by atoms with Crippen LogP contribution in [0.15, 0.2) is 47.6 Å². The minimum Gasteiger partial charge on any atom is -0.494 e. The number of nitrogens with one attached hydrogen (secondary N) is 2. The van der Waals surface area contributed by atoms with Gasteiger partial charge in [0, 0.05) is 24.2 Å². The smallest absolute Gasteiger partial charge is 0.241 e. The largest absolute Gasteiger partial charge is 0.494 e. The van der Waals surface area contributed by atoms with Crippen LogP contribution in [0.1, 0.15) is 5.56 Å². The molecule has 0 atom stereocenters. The van der Waals surface area contributed by atoms with Crippen LogP contribution in [0, 0.1) is 5.82 Å². The summed E-state index contributed by atoms with van der Waals surface area (Å²) >= 11 is 0. The van der Waals surface area contributed by atoms with Gasteiger partial charge in [0.2, 0.25) is 10.0 Å². The van der Waals surface area contributed by atoms with E-state index in [0.29, 0.717) is 0 Å². The van der Waals surface area contributed by atoms with Crippen molar-refractivity contribution in [2.75, 3.05) is 7.11 Å². The molecule has 0 saturated heterocycles. The summed E-state index contributed by atoms with van der Waals surface area (Å²) in [5.41, 5.74) is 0.783. The maximum absolute atomic E-state index is 13.3. The summed E-state index contributed by atoms with van der Waals surface area (Å²) in [4.78, 5) is 2.81. The van der Waals surface area contributed by atoms with Crippen LogP contribution in [-0.4, -0.2) is 15.5 Å². The van der Waals surface area contributed by atoms with Crippen LogP contribution >= 0.6 is 0 Å². The summed E-state index contributed by atoms with van der Waals surface area (Å²) in [6, 6.07) is 6.95. The lowest BCUT2D eigenvalue weighted by molar-refractivity contribution is -0.378. The third-order valence-electron chi connectivity index (χ3n) is 2.67. The van der Waals surface area contributed by atoms with Crippen molar-refractivity contribution in [2.24, 2.45) is 0 Å². The molecule has 0 aliphatic heterocycles. The highest BCUT2D eigenvalue weighted by Gasteiger charge is 2.16. The standard InChI is InChI=1S/C13H13FN2O3S/c1-19-13-7-11(4-5-12(13)14)20(17,18)16-9-10-3-2-6-15-8-10/h2-8,16H,9H2,1H3/p+1. The fraction of sp³-hybridized carbons (Fsp3) is 0.154. The van der Waals surface area contributed by atoms with Crippen molar-refractivity contribution in [3.8, 4) is 5.75 Å². The van der Waals surface area contributed by atoms with Gasteiger partial charge in [-0.1, -0.05) is 0 Å². The Balaban J connectivity index is 2.18. The van der Waals surface area contributed by atoms with E-state index in [2.05, 4.69) is 9.71 Å². The van der Waals surface area contributed by atoms with E-state index in [1.807, 2.05) is 0 Å². The van der Waals surface area contributed by atoms with E-state index in [-0.39, 0.29) is 17.2 Å². The summed E-state index contributed by atoms with van der Waals surface area (Å²) in [7, 11) is -2.44. The van der Waals surface area contributed by atoms with E-state index in [4.69, 9.17) is 4.74 Å². The van der Waals surface area contributed by atoms with Crippen LogP contribution < -0.4 is 14.4 Å². The van der Waals surface area contributed by atoms with Crippen LogP contribution in [0.4, 0.5) is 4.39 Å². The van der Waals surface area contributed by atoms with Crippen LogP contribution in [0.3, 0.4) is 0 Å². The van der Waals surface area contributed by atoms with Crippen molar-refractivity contribution in [2.45, 2.75) is 11.4 Å². The number of H-pyrrole nitrogens is 1. The van der Waals surface area contributed by atoms with Gasteiger partial charge in [0.05, 0.1) is 12.0 Å². The summed E-state index contributed by atoms with van der Waals surface area (Å²) in [6.45, 7) is 0.138. The number of aromatic nitrogens is 1. The molecule has 2 N–H and O–H groups in total. The van der Waals surface area contributed by atoms with Gasteiger partial charge < -0.3 is 4.74 Å². The third-order valence-corrected chi connectivity index (χ3v) is 4.07. The van der Waals surface area contributed by atoms with Crippen molar-refractivity contribution < 1.29 is 22.5 Å². The van der Waals surface area contributed by atoms with Gasteiger partial charge >= 0.3 is 0 Å². The SMILES string of the molecule is COc1cc(S(=O)(=O)NCc2ccc[nH+]c2)ccc1F. The predicted octanol–water partition coefficient (Wildman–Crippen LogP) is 1.13. The third kappa shape index (κ3) is 3.31.